The Morgan fingerprint density at radius 2 is 2.00 bits per heavy atom. The van der Waals surface area contributed by atoms with Gasteiger partial charge in [-0.1, -0.05) is 31.1 Å². The Morgan fingerprint density at radius 1 is 1.22 bits per heavy atom. The SMILES string of the molecule is CN=C(NCCCOCc1ccc(OC)cc1)NCc1cc(C(C)C)no1. The lowest BCUT2D eigenvalue weighted by Gasteiger charge is -2.11. The van der Waals surface area contributed by atoms with Gasteiger partial charge < -0.3 is 24.6 Å². The molecule has 7 nitrogen and oxygen atoms in total. The highest BCUT2D eigenvalue weighted by Gasteiger charge is 2.08. The summed E-state index contributed by atoms with van der Waals surface area (Å²) in [5, 5.41) is 10.5. The predicted octanol–water partition coefficient (Wildman–Crippen LogP) is 3.08. The molecule has 0 radical (unpaired) electrons. The Hall–Kier alpha value is -2.54. The first kappa shape index (κ1) is 20.8. The van der Waals surface area contributed by atoms with Crippen LogP contribution < -0.4 is 15.4 Å². The van der Waals surface area contributed by atoms with Crippen molar-refractivity contribution in [1.82, 2.24) is 15.8 Å². The Morgan fingerprint density at radius 3 is 2.63 bits per heavy atom. The van der Waals surface area contributed by atoms with E-state index in [9.17, 15) is 0 Å². The second-order valence-electron chi connectivity index (χ2n) is 6.48. The molecule has 0 aliphatic carbocycles. The lowest BCUT2D eigenvalue weighted by Crippen LogP contribution is -2.37. The zero-order valence-corrected chi connectivity index (χ0v) is 16.6. The number of methoxy groups -OCH3 is 1. The molecule has 0 atom stereocenters. The van der Waals surface area contributed by atoms with Gasteiger partial charge in [0.15, 0.2) is 11.7 Å². The summed E-state index contributed by atoms with van der Waals surface area (Å²) in [6.45, 7) is 6.78. The van der Waals surface area contributed by atoms with E-state index in [-0.39, 0.29) is 0 Å². The van der Waals surface area contributed by atoms with Gasteiger partial charge in [-0.25, -0.2) is 0 Å². The van der Waals surface area contributed by atoms with Crippen LogP contribution in [0.15, 0.2) is 39.8 Å². The third kappa shape index (κ3) is 7.30. The van der Waals surface area contributed by atoms with E-state index < -0.39 is 0 Å². The highest BCUT2D eigenvalue weighted by molar-refractivity contribution is 5.79. The van der Waals surface area contributed by atoms with Gasteiger partial charge >= 0.3 is 0 Å². The fourth-order valence-electron chi connectivity index (χ4n) is 2.37. The maximum atomic E-state index is 5.70. The van der Waals surface area contributed by atoms with Crippen LogP contribution in [0.4, 0.5) is 0 Å². The number of ether oxygens (including phenoxy) is 2. The summed E-state index contributed by atoms with van der Waals surface area (Å²) in [7, 11) is 3.41. The highest BCUT2D eigenvalue weighted by Crippen LogP contribution is 2.14. The van der Waals surface area contributed by atoms with Crippen LogP contribution in [0.1, 0.15) is 43.2 Å². The van der Waals surface area contributed by atoms with Crippen molar-refractivity contribution >= 4 is 5.96 Å². The van der Waals surface area contributed by atoms with Crippen LogP contribution in [0.25, 0.3) is 0 Å². The molecule has 0 saturated carbocycles. The van der Waals surface area contributed by atoms with E-state index >= 15 is 0 Å². The van der Waals surface area contributed by atoms with E-state index in [1.165, 1.54) is 0 Å². The second kappa shape index (κ2) is 11.2. The number of aromatic nitrogens is 1. The number of nitrogens with zero attached hydrogens (tertiary/aromatic N) is 2. The molecule has 27 heavy (non-hydrogen) atoms. The van der Waals surface area contributed by atoms with Crippen molar-refractivity contribution in [2.45, 2.75) is 39.3 Å². The monoisotopic (exact) mass is 374 g/mol. The van der Waals surface area contributed by atoms with Gasteiger partial charge in [0.05, 0.1) is 26.0 Å². The quantitative estimate of drug-likeness (QED) is 0.378. The van der Waals surface area contributed by atoms with E-state index in [2.05, 4.69) is 34.6 Å². The minimum atomic E-state index is 0.359. The van der Waals surface area contributed by atoms with Gasteiger partial charge in [0, 0.05) is 26.3 Å². The van der Waals surface area contributed by atoms with E-state index in [1.54, 1.807) is 14.2 Å². The molecule has 0 bridgehead atoms. The number of hydrogen-bond acceptors (Lipinski definition) is 5. The number of guanidine groups is 1. The van der Waals surface area contributed by atoms with E-state index in [0.29, 0.717) is 25.7 Å². The van der Waals surface area contributed by atoms with Gasteiger partial charge in [-0.3, -0.25) is 4.99 Å². The van der Waals surface area contributed by atoms with Crippen molar-refractivity contribution in [2.75, 3.05) is 27.3 Å². The predicted molar refractivity (Wildman–Crippen MR) is 106 cm³/mol. The van der Waals surface area contributed by atoms with Crippen LogP contribution in [0.2, 0.25) is 0 Å². The molecule has 0 fully saturated rings. The van der Waals surface area contributed by atoms with Crippen LogP contribution >= 0.6 is 0 Å². The first-order chi connectivity index (χ1) is 13.1. The zero-order valence-electron chi connectivity index (χ0n) is 16.6. The van der Waals surface area contributed by atoms with Crippen molar-refractivity contribution in [2.24, 2.45) is 4.99 Å². The lowest BCUT2D eigenvalue weighted by molar-refractivity contribution is 0.119. The Balaban J connectivity index is 1.58. The van der Waals surface area contributed by atoms with E-state index in [0.717, 1.165) is 41.7 Å². The minimum absolute atomic E-state index is 0.359. The number of nitrogens with one attached hydrogen (secondary N) is 2. The van der Waals surface area contributed by atoms with Crippen LogP contribution in [-0.4, -0.2) is 38.4 Å². The summed E-state index contributed by atoms with van der Waals surface area (Å²) in [6.07, 6.45) is 0.886. The molecule has 2 rings (SSSR count). The van der Waals surface area contributed by atoms with Crippen molar-refractivity contribution in [3.8, 4) is 5.75 Å². The van der Waals surface area contributed by atoms with E-state index in [1.807, 2.05) is 30.3 Å². The highest BCUT2D eigenvalue weighted by atomic mass is 16.5. The molecule has 148 valence electrons. The lowest BCUT2D eigenvalue weighted by atomic mass is 10.1. The summed E-state index contributed by atoms with van der Waals surface area (Å²) in [6, 6.07) is 9.87. The standard InChI is InChI=1S/C20H30N4O3/c1-15(2)19-12-18(27-24-19)13-23-20(21-3)22-10-5-11-26-14-16-6-8-17(25-4)9-7-16/h6-9,12,15H,5,10-11,13-14H2,1-4H3,(H2,21,22,23). The number of hydrogen-bond donors (Lipinski definition) is 2. The molecule has 0 unspecified atom stereocenters. The van der Waals surface area contributed by atoms with Crippen LogP contribution in [-0.2, 0) is 17.9 Å². The van der Waals surface area contributed by atoms with Gasteiger partial charge in [0.2, 0.25) is 0 Å². The molecule has 7 heteroatoms. The van der Waals surface area contributed by atoms with Gasteiger partial charge in [0.1, 0.15) is 5.75 Å². The van der Waals surface area contributed by atoms with Gasteiger partial charge in [0.25, 0.3) is 0 Å². The van der Waals surface area contributed by atoms with Crippen molar-refractivity contribution < 1.29 is 14.0 Å². The zero-order chi connectivity index (χ0) is 19.5. The van der Waals surface area contributed by atoms with Crippen molar-refractivity contribution in [3.05, 3.63) is 47.3 Å². The van der Waals surface area contributed by atoms with Crippen molar-refractivity contribution in [3.63, 3.8) is 0 Å². The van der Waals surface area contributed by atoms with Crippen LogP contribution in [0, 0.1) is 0 Å². The van der Waals surface area contributed by atoms with Gasteiger partial charge in [-0.05, 0) is 30.0 Å². The van der Waals surface area contributed by atoms with Crippen molar-refractivity contribution in [1.29, 1.82) is 0 Å². The molecule has 2 aromatic rings. The molecular formula is C20H30N4O3. The fraction of sp³-hybridized carbons (Fsp3) is 0.500. The minimum Gasteiger partial charge on any atom is -0.497 e. The normalized spacial score (nSPS) is 11.7. The molecule has 1 aromatic carbocycles. The second-order valence-corrected chi connectivity index (χ2v) is 6.48. The third-order valence-electron chi connectivity index (χ3n) is 4.01. The molecule has 0 spiro atoms. The summed E-state index contributed by atoms with van der Waals surface area (Å²) in [5.41, 5.74) is 2.10. The Bertz CT molecular complexity index is 696. The average molecular weight is 374 g/mol. The number of benzene rings is 1. The molecule has 0 amide bonds. The largest absolute Gasteiger partial charge is 0.497 e. The fourth-order valence-corrected chi connectivity index (χ4v) is 2.37. The first-order valence-electron chi connectivity index (χ1n) is 9.23. The van der Waals surface area contributed by atoms with E-state index in [4.69, 9.17) is 14.0 Å². The smallest absolute Gasteiger partial charge is 0.191 e. The third-order valence-corrected chi connectivity index (χ3v) is 4.01. The number of rotatable bonds is 10. The van der Waals surface area contributed by atoms with Gasteiger partial charge in [-0.2, -0.15) is 0 Å². The maximum absolute atomic E-state index is 5.70. The molecule has 0 aliphatic heterocycles. The summed E-state index contributed by atoms with van der Waals surface area (Å²) >= 11 is 0. The molecule has 2 N–H and O–H groups in total. The molecule has 0 aliphatic rings. The number of aliphatic imine (C=N–C) groups is 1. The summed E-state index contributed by atoms with van der Waals surface area (Å²) < 4.78 is 16.2. The molecule has 1 aromatic heterocycles. The molecular weight excluding hydrogens is 344 g/mol. The van der Waals surface area contributed by atoms with Gasteiger partial charge in [-0.15, -0.1) is 0 Å². The Kier molecular flexibility index (Phi) is 8.64. The average Bonchev–Trinajstić information content (AvgIpc) is 3.16. The maximum Gasteiger partial charge on any atom is 0.191 e. The first-order valence-corrected chi connectivity index (χ1v) is 9.23. The van der Waals surface area contributed by atoms with Crippen LogP contribution in [0.5, 0.6) is 5.75 Å². The summed E-state index contributed by atoms with van der Waals surface area (Å²) in [4.78, 5) is 4.21. The molecule has 0 saturated heterocycles. The topological polar surface area (TPSA) is 80.9 Å². The van der Waals surface area contributed by atoms with Crippen LogP contribution in [0.3, 0.4) is 0 Å². The Labute approximate surface area is 161 Å². The summed E-state index contributed by atoms with van der Waals surface area (Å²) in [5.74, 6) is 2.74. The molecule has 1 heterocycles.